The highest BCUT2D eigenvalue weighted by atomic mass is 79.9. The minimum Gasteiger partial charge on any atom is -0.368 e. The zero-order valence-electron chi connectivity index (χ0n) is 36.1. The number of aryl methyl sites for hydroxylation is 3. The van der Waals surface area contributed by atoms with Gasteiger partial charge in [0.1, 0.15) is 21.9 Å². The second-order valence-corrected chi connectivity index (χ2v) is 19.2. The molecule has 2 saturated heterocycles. The number of Topliss-reactive ketones (excluding diaryl/α,β-unsaturated/α-hetero) is 1. The molecule has 3 N–H and O–H groups in total. The zero-order chi connectivity index (χ0) is 43.8. The molecule has 2 amide bonds. The Hall–Kier alpha value is -5.75. The molecule has 18 heteroatoms. The number of carbonyl (C=O) groups is 3. The third kappa shape index (κ3) is 7.43. The molecule has 6 aliphatic rings. The molecule has 0 radical (unpaired) electrons. The fourth-order valence-corrected chi connectivity index (χ4v) is 11.2. The van der Waals surface area contributed by atoms with Crippen molar-refractivity contribution in [1.29, 1.82) is 0 Å². The number of pyridine rings is 3. The van der Waals surface area contributed by atoms with Crippen molar-refractivity contribution in [2.45, 2.75) is 89.8 Å². The Balaban J connectivity index is 0.720. The molecule has 0 spiro atoms. The van der Waals surface area contributed by atoms with E-state index in [-0.39, 0.29) is 45.7 Å². The number of amides is 2. The number of ketones is 1. The van der Waals surface area contributed by atoms with E-state index in [0.717, 1.165) is 102 Å². The van der Waals surface area contributed by atoms with Gasteiger partial charge in [-0.15, -0.1) is 0 Å². The first-order valence-corrected chi connectivity index (χ1v) is 22.8. The summed E-state index contributed by atoms with van der Waals surface area (Å²) in [6.45, 7) is 10.2. The van der Waals surface area contributed by atoms with E-state index in [1.807, 2.05) is 32.3 Å². The van der Waals surface area contributed by atoms with Crippen molar-refractivity contribution >= 4 is 73.7 Å². The Morgan fingerprint density at radius 3 is 2.32 bits per heavy atom. The third-order valence-electron chi connectivity index (χ3n) is 14.2. The molecule has 11 rings (SSSR count). The highest BCUT2D eigenvalue weighted by Crippen LogP contribution is 2.69. The van der Waals surface area contributed by atoms with Gasteiger partial charge >= 0.3 is 0 Å². The molecule has 0 aromatic carbocycles. The lowest BCUT2D eigenvalue weighted by atomic mass is 9.39. The van der Waals surface area contributed by atoms with Crippen LogP contribution in [0.25, 0.3) is 11.0 Å². The van der Waals surface area contributed by atoms with Crippen LogP contribution in [0.5, 0.6) is 0 Å². The van der Waals surface area contributed by atoms with Crippen molar-refractivity contribution in [3.8, 4) is 0 Å². The number of nitrogens with one attached hydrogen (secondary N) is 3. The SMILES string of the molecule is CC(=O)c1c(C)c2cnc(Nc3ccc(N4CCN(C5CCN(C(=O)C67CC(Nc8nc(Br)ccc8C(=O)Nc8cc(C)n(C)n8)(C6)C7)C5)CC4)cn3)nc2n(C2CCCC2)c1=O. The first kappa shape index (κ1) is 41.3. The van der Waals surface area contributed by atoms with Crippen LogP contribution in [0, 0.1) is 19.3 Å². The maximum atomic E-state index is 14.0. The molecule has 2 bridgehead atoms. The summed E-state index contributed by atoms with van der Waals surface area (Å²) in [5.41, 5.74) is 2.92. The highest BCUT2D eigenvalue weighted by Gasteiger charge is 2.72. The minimum absolute atomic E-state index is 0.00647. The number of aromatic nitrogens is 7. The lowest BCUT2D eigenvalue weighted by Crippen LogP contribution is -2.75. The maximum absolute atomic E-state index is 14.0. The summed E-state index contributed by atoms with van der Waals surface area (Å²) >= 11 is 3.46. The first-order valence-electron chi connectivity index (χ1n) is 22.0. The van der Waals surface area contributed by atoms with Gasteiger partial charge in [-0.05, 0) is 105 Å². The summed E-state index contributed by atoms with van der Waals surface area (Å²) in [6, 6.07) is 9.64. The van der Waals surface area contributed by atoms with Crippen molar-refractivity contribution in [3.63, 3.8) is 0 Å². The number of carbonyl (C=O) groups excluding carboxylic acids is 3. The molecule has 17 nitrogen and oxygen atoms in total. The molecule has 1 unspecified atom stereocenters. The molecule has 63 heavy (non-hydrogen) atoms. The number of fused-ring (bicyclic) bond motifs is 1. The van der Waals surface area contributed by atoms with E-state index in [0.29, 0.717) is 56.2 Å². The predicted molar refractivity (Wildman–Crippen MR) is 243 cm³/mol. The van der Waals surface area contributed by atoms with E-state index < -0.39 is 0 Å². The summed E-state index contributed by atoms with van der Waals surface area (Å²) in [5.74, 6) is 1.65. The second kappa shape index (κ2) is 15.8. The van der Waals surface area contributed by atoms with Crippen LogP contribution in [-0.4, -0.2) is 113 Å². The van der Waals surface area contributed by atoms with E-state index in [1.165, 1.54) is 6.92 Å². The summed E-state index contributed by atoms with van der Waals surface area (Å²) in [5, 5.41) is 14.7. The molecule has 4 aliphatic carbocycles. The quantitative estimate of drug-likeness (QED) is 0.107. The fourth-order valence-electron chi connectivity index (χ4n) is 10.9. The van der Waals surface area contributed by atoms with Crippen LogP contribution in [0.4, 0.5) is 29.1 Å². The molecule has 4 saturated carbocycles. The van der Waals surface area contributed by atoms with E-state index in [4.69, 9.17) is 9.97 Å². The zero-order valence-corrected chi connectivity index (χ0v) is 37.7. The molecular weight excluding hydrogens is 866 g/mol. The first-order chi connectivity index (χ1) is 30.3. The van der Waals surface area contributed by atoms with Gasteiger partial charge in [0.05, 0.1) is 28.4 Å². The van der Waals surface area contributed by atoms with Crippen molar-refractivity contribution in [3.05, 3.63) is 80.1 Å². The Labute approximate surface area is 373 Å². The van der Waals surface area contributed by atoms with Gasteiger partial charge in [0.25, 0.3) is 11.5 Å². The van der Waals surface area contributed by atoms with Crippen molar-refractivity contribution in [2.24, 2.45) is 12.5 Å². The van der Waals surface area contributed by atoms with E-state index >= 15 is 0 Å². The van der Waals surface area contributed by atoms with E-state index in [2.05, 4.69) is 67.7 Å². The molecule has 5 aromatic heterocycles. The number of likely N-dealkylation sites (tertiary alicyclic amines) is 1. The molecule has 2 aliphatic heterocycles. The number of hydrogen-bond acceptors (Lipinski definition) is 13. The van der Waals surface area contributed by atoms with Gasteiger partial charge in [-0.25, -0.2) is 15.0 Å². The summed E-state index contributed by atoms with van der Waals surface area (Å²) in [6.07, 6.45) is 10.6. The molecule has 328 valence electrons. The van der Waals surface area contributed by atoms with Crippen LogP contribution in [0.15, 0.2) is 52.1 Å². The smallest absolute Gasteiger partial charge is 0.263 e. The number of hydrogen-bond donors (Lipinski definition) is 3. The standard InChI is InChI=1S/C45H52BrN13O4/c1-26-19-36(54-55(26)4)50-40(61)32-10-11-34(46)49-38(32)53-45-23-44(24-45,25-45)42(63)58-14-13-31(22-58)57-17-15-56(16-18-57)30-9-12-35(47-20-30)51-43-48-21-33-27(2)37(28(3)60)41(62)59(39(33)52-43)29-7-5-6-8-29/h9-12,19-21,29,31H,5-8,13-18,22-25H2,1-4H3,(H,49,53)(H,50,54,61)(H,47,48,51,52). The van der Waals surface area contributed by atoms with Crippen LogP contribution >= 0.6 is 15.9 Å². The topological polar surface area (TPSA) is 188 Å². The Kier molecular flexibility index (Phi) is 10.4. The van der Waals surface area contributed by atoms with Gasteiger partial charge in [-0.2, -0.15) is 10.1 Å². The third-order valence-corrected chi connectivity index (χ3v) is 14.7. The molecular formula is C45H52BrN13O4. The van der Waals surface area contributed by atoms with Crippen LogP contribution in [0.2, 0.25) is 0 Å². The second-order valence-electron chi connectivity index (χ2n) is 18.3. The van der Waals surface area contributed by atoms with Crippen LogP contribution < -0.4 is 26.4 Å². The van der Waals surface area contributed by atoms with E-state index in [9.17, 15) is 19.2 Å². The van der Waals surface area contributed by atoms with Gasteiger partial charge in [0.2, 0.25) is 11.9 Å². The van der Waals surface area contributed by atoms with Gasteiger partial charge in [0, 0.05) is 87.3 Å². The van der Waals surface area contributed by atoms with Crippen LogP contribution in [0.3, 0.4) is 0 Å². The summed E-state index contributed by atoms with van der Waals surface area (Å²) in [4.78, 5) is 79.0. The van der Waals surface area contributed by atoms with Gasteiger partial charge in [-0.1, -0.05) is 12.8 Å². The number of rotatable bonds is 11. The summed E-state index contributed by atoms with van der Waals surface area (Å²) in [7, 11) is 1.83. The summed E-state index contributed by atoms with van der Waals surface area (Å²) < 4.78 is 4.06. The minimum atomic E-state index is -0.341. The Bertz CT molecular complexity index is 2680. The lowest BCUT2D eigenvalue weighted by Gasteiger charge is -2.70. The van der Waals surface area contributed by atoms with Gasteiger partial charge < -0.3 is 25.8 Å². The maximum Gasteiger partial charge on any atom is 0.263 e. The van der Waals surface area contributed by atoms with Gasteiger partial charge in [-0.3, -0.25) is 33.3 Å². The molecule has 6 fully saturated rings. The number of piperazine rings is 1. The normalized spacial score (nSPS) is 23.4. The molecule has 7 heterocycles. The molecule has 5 aromatic rings. The van der Waals surface area contributed by atoms with Crippen molar-refractivity contribution in [1.82, 2.24) is 44.1 Å². The van der Waals surface area contributed by atoms with Crippen LogP contribution in [-0.2, 0) is 11.8 Å². The highest BCUT2D eigenvalue weighted by molar-refractivity contribution is 9.10. The lowest BCUT2D eigenvalue weighted by molar-refractivity contribution is -0.178. The predicted octanol–water partition coefficient (Wildman–Crippen LogP) is 5.77. The van der Waals surface area contributed by atoms with E-state index in [1.54, 1.807) is 34.5 Å². The fraction of sp³-hybridized carbons (Fsp3) is 0.489. The Morgan fingerprint density at radius 2 is 1.63 bits per heavy atom. The van der Waals surface area contributed by atoms with Crippen molar-refractivity contribution < 1.29 is 14.4 Å². The van der Waals surface area contributed by atoms with Gasteiger partial charge in [0.15, 0.2) is 11.6 Å². The average molecular weight is 919 g/mol. The Morgan fingerprint density at radius 1 is 0.873 bits per heavy atom. The van der Waals surface area contributed by atoms with Crippen LogP contribution in [0.1, 0.15) is 96.3 Å². The molecule has 1 atom stereocenters. The van der Waals surface area contributed by atoms with Crippen molar-refractivity contribution in [2.75, 3.05) is 60.1 Å². The average Bonchev–Trinajstić information content (AvgIpc) is 4.01. The largest absolute Gasteiger partial charge is 0.368 e. The number of halogens is 1. The number of anilines is 5. The monoisotopic (exact) mass is 917 g/mol. The number of nitrogens with zero attached hydrogens (tertiary/aromatic N) is 10.